The molecule has 25 heavy (non-hydrogen) atoms. The van der Waals surface area contributed by atoms with Crippen molar-refractivity contribution in [1.82, 2.24) is 15.5 Å². The maximum atomic E-state index is 12.0. The molecule has 1 aliphatic heterocycles. The summed E-state index contributed by atoms with van der Waals surface area (Å²) in [5, 5.41) is 5.75. The second kappa shape index (κ2) is 10.1. The summed E-state index contributed by atoms with van der Waals surface area (Å²) in [5.74, 6) is 1.41. The van der Waals surface area contributed by atoms with Crippen molar-refractivity contribution < 1.29 is 19.0 Å². The standard InChI is InChI=1S/C18H29N3O4/c1-23-11-8-19-18(22)20-13-15(21-9-4-5-10-21)14-6-7-16(24-2)17(12-14)25-3/h6-7,12,15H,4-5,8-11,13H2,1-3H3,(H2,19,20,22). The Kier molecular flexibility index (Phi) is 7.81. The van der Waals surface area contributed by atoms with Gasteiger partial charge in [-0.25, -0.2) is 4.79 Å². The Bertz CT molecular complexity index is 547. The monoisotopic (exact) mass is 351 g/mol. The molecule has 1 aromatic carbocycles. The number of hydrogen-bond acceptors (Lipinski definition) is 5. The first-order chi connectivity index (χ1) is 12.2. The van der Waals surface area contributed by atoms with Gasteiger partial charge in [-0.15, -0.1) is 0 Å². The molecule has 0 saturated carbocycles. The van der Waals surface area contributed by atoms with Crippen molar-refractivity contribution in [1.29, 1.82) is 0 Å². The van der Waals surface area contributed by atoms with E-state index in [1.165, 1.54) is 12.8 Å². The summed E-state index contributed by atoms with van der Waals surface area (Å²) in [6.45, 7) is 3.60. The summed E-state index contributed by atoms with van der Waals surface area (Å²) >= 11 is 0. The second-order valence-electron chi connectivity index (χ2n) is 6.00. The first-order valence-corrected chi connectivity index (χ1v) is 8.66. The third-order valence-corrected chi connectivity index (χ3v) is 4.42. The minimum atomic E-state index is -0.179. The largest absolute Gasteiger partial charge is 0.493 e. The highest BCUT2D eigenvalue weighted by Gasteiger charge is 2.25. The smallest absolute Gasteiger partial charge is 0.314 e. The van der Waals surface area contributed by atoms with Crippen LogP contribution in [0.1, 0.15) is 24.4 Å². The Morgan fingerprint density at radius 1 is 1.12 bits per heavy atom. The molecule has 1 aromatic rings. The summed E-state index contributed by atoms with van der Waals surface area (Å²) in [7, 11) is 4.87. The fourth-order valence-electron chi connectivity index (χ4n) is 3.09. The molecular formula is C18H29N3O4. The molecule has 0 aliphatic carbocycles. The summed E-state index contributed by atoms with van der Waals surface area (Å²) < 4.78 is 15.7. The molecule has 0 bridgehead atoms. The lowest BCUT2D eigenvalue weighted by Crippen LogP contribution is -2.42. The molecule has 0 spiro atoms. The van der Waals surface area contributed by atoms with E-state index in [2.05, 4.69) is 15.5 Å². The quantitative estimate of drug-likeness (QED) is 0.664. The third kappa shape index (κ3) is 5.51. The van der Waals surface area contributed by atoms with Crippen LogP contribution < -0.4 is 20.1 Å². The number of urea groups is 1. The summed E-state index contributed by atoms with van der Waals surface area (Å²) in [6.07, 6.45) is 2.37. The van der Waals surface area contributed by atoms with Crippen LogP contribution >= 0.6 is 0 Å². The van der Waals surface area contributed by atoms with Crippen molar-refractivity contribution in [2.45, 2.75) is 18.9 Å². The molecule has 1 fully saturated rings. The van der Waals surface area contributed by atoms with Gasteiger partial charge in [0.25, 0.3) is 0 Å². The van der Waals surface area contributed by atoms with Gasteiger partial charge in [-0.05, 0) is 43.6 Å². The van der Waals surface area contributed by atoms with Gasteiger partial charge < -0.3 is 24.8 Å². The number of likely N-dealkylation sites (tertiary alicyclic amines) is 1. The van der Waals surface area contributed by atoms with Crippen LogP contribution in [0.25, 0.3) is 0 Å². The lowest BCUT2D eigenvalue weighted by Gasteiger charge is -2.28. The molecule has 1 heterocycles. The predicted molar refractivity (Wildman–Crippen MR) is 96.4 cm³/mol. The number of rotatable bonds is 9. The average molecular weight is 351 g/mol. The summed E-state index contributed by atoms with van der Waals surface area (Å²) in [6, 6.07) is 5.87. The molecule has 0 radical (unpaired) electrons. The van der Waals surface area contributed by atoms with Crippen LogP contribution in [0.3, 0.4) is 0 Å². The predicted octanol–water partition coefficient (Wildman–Crippen LogP) is 1.79. The Hall–Kier alpha value is -1.99. The van der Waals surface area contributed by atoms with Crippen LogP contribution in [-0.2, 0) is 4.74 Å². The SMILES string of the molecule is COCCNC(=O)NCC(c1ccc(OC)c(OC)c1)N1CCCC1. The van der Waals surface area contributed by atoms with Crippen LogP contribution in [0.5, 0.6) is 11.5 Å². The van der Waals surface area contributed by atoms with E-state index < -0.39 is 0 Å². The van der Waals surface area contributed by atoms with Crippen LogP contribution in [0, 0.1) is 0 Å². The van der Waals surface area contributed by atoms with E-state index >= 15 is 0 Å². The number of ether oxygens (including phenoxy) is 3. The van der Waals surface area contributed by atoms with Crippen molar-refractivity contribution >= 4 is 6.03 Å². The number of amides is 2. The first-order valence-electron chi connectivity index (χ1n) is 8.66. The highest BCUT2D eigenvalue weighted by atomic mass is 16.5. The Balaban J connectivity index is 2.06. The maximum Gasteiger partial charge on any atom is 0.314 e. The first kappa shape index (κ1) is 19.3. The summed E-state index contributed by atoms with van der Waals surface area (Å²) in [4.78, 5) is 14.4. The van der Waals surface area contributed by atoms with Gasteiger partial charge in [-0.2, -0.15) is 0 Å². The van der Waals surface area contributed by atoms with E-state index in [1.807, 2.05) is 18.2 Å². The third-order valence-electron chi connectivity index (χ3n) is 4.42. The molecule has 2 amide bonds. The summed E-state index contributed by atoms with van der Waals surface area (Å²) in [5.41, 5.74) is 1.11. The molecule has 2 N–H and O–H groups in total. The zero-order chi connectivity index (χ0) is 18.1. The van der Waals surface area contributed by atoms with E-state index in [0.29, 0.717) is 31.2 Å². The van der Waals surface area contributed by atoms with Gasteiger partial charge in [0.2, 0.25) is 0 Å². The number of carbonyl (C=O) groups excluding carboxylic acids is 1. The van der Waals surface area contributed by atoms with Gasteiger partial charge in [0.15, 0.2) is 11.5 Å². The van der Waals surface area contributed by atoms with E-state index in [-0.39, 0.29) is 12.1 Å². The number of benzene rings is 1. The molecular weight excluding hydrogens is 322 g/mol. The van der Waals surface area contributed by atoms with Gasteiger partial charge in [0.05, 0.1) is 26.9 Å². The van der Waals surface area contributed by atoms with Crippen LogP contribution in [-0.4, -0.2) is 65.0 Å². The van der Waals surface area contributed by atoms with Gasteiger partial charge >= 0.3 is 6.03 Å². The molecule has 2 rings (SSSR count). The molecule has 0 aromatic heterocycles. The Morgan fingerprint density at radius 3 is 2.48 bits per heavy atom. The van der Waals surface area contributed by atoms with Gasteiger partial charge in [-0.3, -0.25) is 4.90 Å². The van der Waals surface area contributed by atoms with Crippen molar-refractivity contribution in [2.24, 2.45) is 0 Å². The lowest BCUT2D eigenvalue weighted by molar-refractivity contribution is 0.193. The molecule has 7 nitrogen and oxygen atoms in total. The molecule has 140 valence electrons. The topological polar surface area (TPSA) is 72.1 Å². The molecule has 1 aliphatic rings. The molecule has 7 heteroatoms. The number of carbonyl (C=O) groups is 1. The highest BCUT2D eigenvalue weighted by molar-refractivity contribution is 5.73. The van der Waals surface area contributed by atoms with E-state index in [9.17, 15) is 4.79 Å². The minimum absolute atomic E-state index is 0.107. The van der Waals surface area contributed by atoms with Crippen molar-refractivity contribution in [2.75, 3.05) is 54.1 Å². The number of methoxy groups -OCH3 is 3. The van der Waals surface area contributed by atoms with Crippen molar-refractivity contribution in [3.05, 3.63) is 23.8 Å². The molecule has 1 atom stereocenters. The average Bonchev–Trinajstić information content (AvgIpc) is 3.16. The van der Waals surface area contributed by atoms with Gasteiger partial charge in [-0.1, -0.05) is 6.07 Å². The highest BCUT2D eigenvalue weighted by Crippen LogP contribution is 2.32. The molecule has 1 unspecified atom stereocenters. The van der Waals surface area contributed by atoms with E-state index in [0.717, 1.165) is 18.7 Å². The van der Waals surface area contributed by atoms with E-state index in [1.54, 1.807) is 21.3 Å². The van der Waals surface area contributed by atoms with Crippen molar-refractivity contribution in [3.63, 3.8) is 0 Å². The fraction of sp³-hybridized carbons (Fsp3) is 0.611. The second-order valence-corrected chi connectivity index (χ2v) is 6.00. The lowest BCUT2D eigenvalue weighted by atomic mass is 10.0. The van der Waals surface area contributed by atoms with Crippen LogP contribution in [0.15, 0.2) is 18.2 Å². The van der Waals surface area contributed by atoms with Crippen LogP contribution in [0.2, 0.25) is 0 Å². The Labute approximate surface area is 149 Å². The van der Waals surface area contributed by atoms with Crippen LogP contribution in [0.4, 0.5) is 4.79 Å². The minimum Gasteiger partial charge on any atom is -0.493 e. The number of nitrogens with zero attached hydrogens (tertiary/aromatic N) is 1. The van der Waals surface area contributed by atoms with Crippen molar-refractivity contribution in [3.8, 4) is 11.5 Å². The Morgan fingerprint density at radius 2 is 1.84 bits per heavy atom. The number of hydrogen-bond donors (Lipinski definition) is 2. The fourth-order valence-corrected chi connectivity index (χ4v) is 3.09. The normalized spacial score (nSPS) is 15.6. The van der Waals surface area contributed by atoms with E-state index in [4.69, 9.17) is 14.2 Å². The zero-order valence-corrected chi connectivity index (χ0v) is 15.3. The maximum absolute atomic E-state index is 12.0. The van der Waals surface area contributed by atoms with Gasteiger partial charge in [0.1, 0.15) is 0 Å². The van der Waals surface area contributed by atoms with Gasteiger partial charge in [0, 0.05) is 20.2 Å². The number of nitrogens with one attached hydrogen (secondary N) is 2. The zero-order valence-electron chi connectivity index (χ0n) is 15.3. The molecule has 1 saturated heterocycles.